The summed E-state index contributed by atoms with van der Waals surface area (Å²) in [5.74, 6) is 0.0581. The molecule has 1 fully saturated rings. The Kier molecular flexibility index (Phi) is 5.88. The van der Waals surface area contributed by atoms with Crippen molar-refractivity contribution in [3.63, 3.8) is 0 Å². The zero-order valence-corrected chi connectivity index (χ0v) is 16.3. The van der Waals surface area contributed by atoms with E-state index in [2.05, 4.69) is 15.4 Å². The molecule has 4 rings (SSSR count). The second-order valence-electron chi connectivity index (χ2n) is 6.19. The molecule has 1 aliphatic heterocycles. The lowest BCUT2D eigenvalue weighted by Gasteiger charge is -2.22. The minimum atomic E-state index is -0.364. The van der Waals surface area contributed by atoms with E-state index in [0.717, 1.165) is 24.4 Å². The number of carbonyl (C=O) groups excluding carboxylic acids is 1. The molecule has 1 atom stereocenters. The second kappa shape index (κ2) is 8.16. The third kappa shape index (κ3) is 3.87. The lowest BCUT2D eigenvalue weighted by atomic mass is 10.2. The van der Waals surface area contributed by atoms with Gasteiger partial charge in [0.25, 0.3) is 5.91 Å². The minimum absolute atomic E-state index is 0. The quantitative estimate of drug-likeness (QED) is 0.722. The third-order valence-electron chi connectivity index (χ3n) is 4.50. The molecule has 0 bridgehead atoms. The van der Waals surface area contributed by atoms with E-state index in [1.54, 1.807) is 24.1 Å². The number of hydrogen-bond donors (Lipinski definition) is 1. The molecule has 0 radical (unpaired) electrons. The first kappa shape index (κ1) is 19.5. The molecular weight excluding hydrogens is 389 g/mol. The zero-order chi connectivity index (χ0) is 18.1. The Morgan fingerprint density at radius 2 is 2.22 bits per heavy atom. The van der Waals surface area contributed by atoms with Crippen molar-refractivity contribution in [3.05, 3.63) is 53.4 Å². The van der Waals surface area contributed by atoms with Gasteiger partial charge in [-0.1, -0.05) is 12.1 Å². The van der Waals surface area contributed by atoms with Crippen LogP contribution in [0.5, 0.6) is 0 Å². The van der Waals surface area contributed by atoms with Crippen molar-refractivity contribution in [1.29, 1.82) is 0 Å². The van der Waals surface area contributed by atoms with E-state index in [4.69, 9.17) is 0 Å². The first-order valence-electron chi connectivity index (χ1n) is 8.38. The van der Waals surface area contributed by atoms with Crippen LogP contribution in [0.2, 0.25) is 0 Å². The summed E-state index contributed by atoms with van der Waals surface area (Å²) in [6.07, 6.45) is 0.907. The Morgan fingerprint density at radius 1 is 1.37 bits per heavy atom. The van der Waals surface area contributed by atoms with Gasteiger partial charge in [0, 0.05) is 19.6 Å². The summed E-state index contributed by atoms with van der Waals surface area (Å²) >= 11 is 1.50. The van der Waals surface area contributed by atoms with Crippen molar-refractivity contribution < 1.29 is 9.18 Å². The van der Waals surface area contributed by atoms with Crippen molar-refractivity contribution >= 4 is 29.7 Å². The lowest BCUT2D eigenvalue weighted by molar-refractivity contribution is 0.0731. The molecule has 1 amide bonds. The highest BCUT2D eigenvalue weighted by atomic mass is 35.5. The van der Waals surface area contributed by atoms with Crippen LogP contribution in [0.25, 0.3) is 16.4 Å². The summed E-state index contributed by atoms with van der Waals surface area (Å²) in [4.78, 5) is 19.9. The van der Waals surface area contributed by atoms with E-state index in [-0.39, 0.29) is 36.0 Å². The average Bonchev–Trinajstić information content (AvgIpc) is 3.41. The Morgan fingerprint density at radius 3 is 2.89 bits per heavy atom. The fraction of sp³-hybridized carbons (Fsp3) is 0.278. The summed E-state index contributed by atoms with van der Waals surface area (Å²) in [6, 6.07) is 10.1. The molecule has 3 aromatic rings. The van der Waals surface area contributed by atoms with E-state index >= 15 is 0 Å². The van der Waals surface area contributed by atoms with Gasteiger partial charge in [-0.05, 0) is 42.6 Å². The van der Waals surface area contributed by atoms with E-state index < -0.39 is 0 Å². The van der Waals surface area contributed by atoms with E-state index in [9.17, 15) is 9.18 Å². The molecule has 1 saturated heterocycles. The summed E-state index contributed by atoms with van der Waals surface area (Å²) in [6.45, 7) is 1.67. The van der Waals surface area contributed by atoms with Crippen molar-refractivity contribution in [2.75, 3.05) is 20.1 Å². The number of carbonyl (C=O) groups is 1. The third-order valence-corrected chi connectivity index (χ3v) is 5.36. The summed E-state index contributed by atoms with van der Waals surface area (Å²) < 4.78 is 15.2. The molecule has 0 aliphatic carbocycles. The molecule has 6 nitrogen and oxygen atoms in total. The normalized spacial score (nSPS) is 16.1. The molecule has 3 heterocycles. The van der Waals surface area contributed by atoms with Crippen LogP contribution in [0.1, 0.15) is 17.0 Å². The molecule has 1 unspecified atom stereocenters. The van der Waals surface area contributed by atoms with Crippen molar-refractivity contribution in [3.8, 4) is 16.4 Å². The number of hydrogen-bond acceptors (Lipinski definition) is 5. The van der Waals surface area contributed by atoms with E-state index in [1.165, 1.54) is 28.2 Å². The number of halogens is 2. The maximum absolute atomic E-state index is 13.7. The van der Waals surface area contributed by atoms with Gasteiger partial charge in [0.05, 0.1) is 10.6 Å². The first-order valence-corrected chi connectivity index (χ1v) is 9.26. The molecule has 1 aliphatic rings. The Bertz CT molecular complexity index is 924. The van der Waals surface area contributed by atoms with Crippen LogP contribution in [0.4, 0.5) is 4.39 Å². The molecule has 1 N–H and O–H groups in total. The second-order valence-corrected chi connectivity index (χ2v) is 7.14. The highest BCUT2D eigenvalue weighted by Crippen LogP contribution is 2.26. The first-order chi connectivity index (χ1) is 12.6. The maximum Gasteiger partial charge on any atom is 0.293 e. The highest BCUT2D eigenvalue weighted by molar-refractivity contribution is 7.13. The van der Waals surface area contributed by atoms with Gasteiger partial charge >= 0.3 is 0 Å². The predicted octanol–water partition coefficient (Wildman–Crippen LogP) is 2.99. The molecule has 0 spiro atoms. The lowest BCUT2D eigenvalue weighted by Crippen LogP contribution is -2.38. The number of benzene rings is 1. The van der Waals surface area contributed by atoms with Gasteiger partial charge in [-0.15, -0.1) is 28.8 Å². The monoisotopic (exact) mass is 407 g/mol. The summed E-state index contributed by atoms with van der Waals surface area (Å²) in [5, 5.41) is 9.58. The van der Waals surface area contributed by atoms with Crippen molar-refractivity contribution in [2.45, 2.75) is 12.5 Å². The fourth-order valence-electron chi connectivity index (χ4n) is 3.05. The van der Waals surface area contributed by atoms with E-state index in [1.807, 2.05) is 17.5 Å². The highest BCUT2D eigenvalue weighted by Gasteiger charge is 2.28. The zero-order valence-electron chi connectivity index (χ0n) is 14.6. The van der Waals surface area contributed by atoms with Crippen LogP contribution < -0.4 is 5.32 Å². The average molecular weight is 408 g/mol. The van der Waals surface area contributed by atoms with Gasteiger partial charge in [0.2, 0.25) is 5.82 Å². The fourth-order valence-corrected chi connectivity index (χ4v) is 3.75. The standard InChI is InChI=1S/C18H18FN5OS.ClH/c1-23(14-7-8-20-11-14)18(25)16-21-17(15-6-3-9-26-15)24(22-16)13-5-2-4-12(19)10-13;/h2-6,9-10,14,20H,7-8,11H2,1H3;1H. The SMILES string of the molecule is CN(C(=O)c1nc(-c2cccs2)n(-c2cccc(F)c2)n1)C1CCNC1.Cl. The number of amides is 1. The van der Waals surface area contributed by atoms with Gasteiger partial charge in [0.1, 0.15) is 5.82 Å². The minimum Gasteiger partial charge on any atom is -0.335 e. The van der Waals surface area contributed by atoms with Crippen LogP contribution >= 0.6 is 23.7 Å². The Labute approximate surface area is 166 Å². The summed E-state index contributed by atoms with van der Waals surface area (Å²) in [5.41, 5.74) is 0.533. The van der Waals surface area contributed by atoms with Gasteiger partial charge in [-0.3, -0.25) is 4.79 Å². The van der Waals surface area contributed by atoms with Crippen LogP contribution in [-0.2, 0) is 0 Å². The number of rotatable bonds is 4. The molecule has 1 aromatic carbocycles. The van der Waals surface area contributed by atoms with Gasteiger partial charge < -0.3 is 10.2 Å². The maximum atomic E-state index is 13.7. The van der Waals surface area contributed by atoms with Crippen molar-refractivity contribution in [2.24, 2.45) is 0 Å². The molecule has 0 saturated carbocycles. The smallest absolute Gasteiger partial charge is 0.293 e. The number of likely N-dealkylation sites (N-methyl/N-ethyl adjacent to an activating group) is 1. The van der Waals surface area contributed by atoms with E-state index in [0.29, 0.717) is 11.5 Å². The van der Waals surface area contributed by atoms with Gasteiger partial charge in [-0.25, -0.2) is 14.1 Å². The Balaban J connectivity index is 0.00000210. The van der Waals surface area contributed by atoms with Crippen molar-refractivity contribution in [1.82, 2.24) is 25.0 Å². The number of aromatic nitrogens is 3. The van der Waals surface area contributed by atoms with Gasteiger partial charge in [0.15, 0.2) is 5.82 Å². The molecule has 27 heavy (non-hydrogen) atoms. The molecular formula is C18H19ClFN5OS. The number of nitrogens with one attached hydrogen (secondary N) is 1. The number of thiophene rings is 1. The Hall–Kier alpha value is -2.29. The molecule has 2 aromatic heterocycles. The number of nitrogens with zero attached hydrogens (tertiary/aromatic N) is 4. The predicted molar refractivity (Wildman–Crippen MR) is 105 cm³/mol. The van der Waals surface area contributed by atoms with Crippen LogP contribution in [0, 0.1) is 5.82 Å². The van der Waals surface area contributed by atoms with Crippen LogP contribution in [0.3, 0.4) is 0 Å². The molecule has 9 heteroatoms. The van der Waals surface area contributed by atoms with Gasteiger partial charge in [-0.2, -0.15) is 0 Å². The van der Waals surface area contributed by atoms with Crippen LogP contribution in [-0.4, -0.2) is 51.8 Å². The van der Waals surface area contributed by atoms with Crippen LogP contribution in [0.15, 0.2) is 41.8 Å². The topological polar surface area (TPSA) is 63.1 Å². The molecule has 142 valence electrons. The largest absolute Gasteiger partial charge is 0.335 e. The summed E-state index contributed by atoms with van der Waals surface area (Å²) in [7, 11) is 1.77.